The quantitative estimate of drug-likeness (QED) is 0.431. The van der Waals surface area contributed by atoms with Crippen LogP contribution >= 0.6 is 0 Å². The minimum absolute atomic E-state index is 0.206. The third-order valence-electron chi connectivity index (χ3n) is 6.22. The van der Waals surface area contributed by atoms with Crippen LogP contribution in [0, 0.1) is 5.92 Å². The van der Waals surface area contributed by atoms with Crippen LogP contribution in [-0.2, 0) is 20.1 Å². The Kier molecular flexibility index (Phi) is 6.39. The van der Waals surface area contributed by atoms with Gasteiger partial charge in [-0.3, -0.25) is 13.9 Å². The Morgan fingerprint density at radius 3 is 2.56 bits per heavy atom. The maximum Gasteiger partial charge on any atom is 0.364 e. The van der Waals surface area contributed by atoms with Crippen LogP contribution in [0.4, 0.5) is 11.6 Å². The monoisotopic (exact) mass is 440 g/mol. The van der Waals surface area contributed by atoms with Crippen LogP contribution in [0.5, 0.6) is 5.75 Å². The topological polar surface area (TPSA) is 76.1 Å². The van der Waals surface area contributed by atoms with E-state index in [1.807, 2.05) is 35.8 Å². The van der Waals surface area contributed by atoms with Crippen molar-refractivity contribution < 1.29 is 9.30 Å². The zero-order valence-electron chi connectivity index (χ0n) is 19.6. The van der Waals surface area contributed by atoms with Crippen LogP contribution < -0.4 is 25.5 Å². The third-order valence-corrected chi connectivity index (χ3v) is 6.22. The molecule has 0 radical (unpaired) electrons. The van der Waals surface area contributed by atoms with Crippen LogP contribution in [0.25, 0.3) is 11.2 Å². The molecule has 8 nitrogen and oxygen atoms in total. The highest BCUT2D eigenvalue weighted by Gasteiger charge is 2.36. The molecule has 0 aliphatic carbocycles. The van der Waals surface area contributed by atoms with Crippen molar-refractivity contribution in [2.45, 2.75) is 59.5 Å². The molecule has 0 saturated carbocycles. The lowest BCUT2D eigenvalue weighted by Crippen LogP contribution is -2.52. The second kappa shape index (κ2) is 9.22. The number of aromatic nitrogens is 4. The number of aryl methyl sites for hydroxylation is 1. The van der Waals surface area contributed by atoms with Gasteiger partial charge in [0.15, 0.2) is 0 Å². The van der Waals surface area contributed by atoms with E-state index in [2.05, 4.69) is 23.7 Å². The lowest BCUT2D eigenvalue weighted by Gasteiger charge is -2.26. The SMILES string of the molecule is CCCCCCn1c(=O)c2c([nH]c3[n+]2C[C@H](C)CN3c2ccc(OCC)cc2)n(C)c1=O. The number of imidazole rings is 1. The van der Waals surface area contributed by atoms with Crippen molar-refractivity contribution in [1.82, 2.24) is 14.1 Å². The summed E-state index contributed by atoms with van der Waals surface area (Å²) in [5.41, 5.74) is 1.69. The number of aromatic amines is 1. The van der Waals surface area contributed by atoms with Gasteiger partial charge in [0.2, 0.25) is 11.2 Å². The fraction of sp³-hybridized carbons (Fsp3) is 0.542. The van der Waals surface area contributed by atoms with Gasteiger partial charge in [0.05, 0.1) is 19.7 Å². The maximum absolute atomic E-state index is 13.4. The Balaban J connectivity index is 1.80. The summed E-state index contributed by atoms with van der Waals surface area (Å²) in [5, 5.41) is 0. The summed E-state index contributed by atoms with van der Waals surface area (Å²) < 4.78 is 10.6. The molecule has 0 unspecified atom stereocenters. The Bertz CT molecular complexity index is 1210. The first-order valence-electron chi connectivity index (χ1n) is 11.7. The van der Waals surface area contributed by atoms with Crippen LogP contribution in [0.1, 0.15) is 46.5 Å². The number of nitrogens with zero attached hydrogens (tertiary/aromatic N) is 4. The fourth-order valence-corrected chi connectivity index (χ4v) is 4.59. The highest BCUT2D eigenvalue weighted by molar-refractivity contribution is 5.70. The number of unbranched alkanes of at least 4 members (excludes halogenated alkanes) is 3. The number of ether oxygens (including phenoxy) is 1. The zero-order valence-corrected chi connectivity index (χ0v) is 19.6. The van der Waals surface area contributed by atoms with E-state index >= 15 is 0 Å². The van der Waals surface area contributed by atoms with Crippen LogP contribution in [0.3, 0.4) is 0 Å². The number of hydrogen-bond acceptors (Lipinski definition) is 4. The van der Waals surface area contributed by atoms with Crippen molar-refractivity contribution in [1.29, 1.82) is 0 Å². The summed E-state index contributed by atoms with van der Waals surface area (Å²) >= 11 is 0. The summed E-state index contributed by atoms with van der Waals surface area (Å²) in [6.45, 7) is 8.93. The molecule has 1 N–H and O–H groups in total. The summed E-state index contributed by atoms with van der Waals surface area (Å²) in [6, 6.07) is 7.99. The smallest absolute Gasteiger partial charge is 0.364 e. The molecule has 1 aromatic carbocycles. The van der Waals surface area contributed by atoms with Gasteiger partial charge in [-0.1, -0.05) is 33.1 Å². The summed E-state index contributed by atoms with van der Waals surface area (Å²) in [6.07, 6.45) is 4.08. The van der Waals surface area contributed by atoms with Crippen LogP contribution in [0.2, 0.25) is 0 Å². The van der Waals surface area contributed by atoms with Gasteiger partial charge in [-0.15, -0.1) is 0 Å². The average molecular weight is 441 g/mol. The normalized spacial score (nSPS) is 15.9. The molecule has 4 rings (SSSR count). The molecule has 3 heterocycles. The van der Waals surface area contributed by atoms with Crippen molar-refractivity contribution in [3.8, 4) is 5.75 Å². The first-order chi connectivity index (χ1) is 15.5. The molecular formula is C24H34N5O3+. The van der Waals surface area contributed by atoms with Gasteiger partial charge >= 0.3 is 11.6 Å². The largest absolute Gasteiger partial charge is 0.494 e. The minimum Gasteiger partial charge on any atom is -0.494 e. The van der Waals surface area contributed by atoms with E-state index in [0.29, 0.717) is 30.2 Å². The van der Waals surface area contributed by atoms with E-state index in [1.54, 1.807) is 11.6 Å². The van der Waals surface area contributed by atoms with Gasteiger partial charge in [-0.05, 0) is 37.6 Å². The predicted octanol–water partition coefficient (Wildman–Crippen LogP) is 3.08. The molecule has 8 heteroatoms. The number of nitrogens with one attached hydrogen (secondary N) is 1. The summed E-state index contributed by atoms with van der Waals surface area (Å²) in [4.78, 5) is 32.0. The van der Waals surface area contributed by atoms with E-state index in [4.69, 9.17) is 4.74 Å². The van der Waals surface area contributed by atoms with Crippen LogP contribution in [0.15, 0.2) is 33.9 Å². The Hall–Kier alpha value is -3.03. The Morgan fingerprint density at radius 2 is 1.88 bits per heavy atom. The molecule has 0 bridgehead atoms. The molecule has 0 amide bonds. The number of anilines is 2. The minimum atomic E-state index is -0.265. The molecular weight excluding hydrogens is 406 g/mol. The van der Waals surface area contributed by atoms with Gasteiger partial charge < -0.3 is 4.74 Å². The highest BCUT2D eigenvalue weighted by atomic mass is 16.5. The van der Waals surface area contributed by atoms with E-state index in [9.17, 15) is 9.59 Å². The van der Waals surface area contributed by atoms with E-state index < -0.39 is 0 Å². The molecule has 3 aromatic rings. The Labute approximate surface area is 188 Å². The first kappa shape index (κ1) is 22.2. The fourth-order valence-electron chi connectivity index (χ4n) is 4.59. The van der Waals surface area contributed by atoms with Crippen molar-refractivity contribution in [2.75, 3.05) is 18.1 Å². The molecule has 0 spiro atoms. The van der Waals surface area contributed by atoms with Crippen LogP contribution in [-0.4, -0.2) is 27.3 Å². The molecule has 32 heavy (non-hydrogen) atoms. The summed E-state index contributed by atoms with van der Waals surface area (Å²) in [5.74, 6) is 2.00. The number of H-pyrrole nitrogens is 1. The summed E-state index contributed by atoms with van der Waals surface area (Å²) in [7, 11) is 1.74. The standard InChI is InChI=1S/C24H33N5O3/c1-5-7-8-9-14-27-22(30)20-21(26(4)24(27)31)25-23-28(15-17(3)16-29(20)23)18-10-12-19(13-11-18)32-6-2/h10-13,17H,5-9,14-16H2,1-4H3/p+1/t17-/m1/s1. The lowest BCUT2D eigenvalue weighted by molar-refractivity contribution is -0.669. The van der Waals surface area contributed by atoms with Gasteiger partial charge in [-0.2, -0.15) is 0 Å². The van der Waals surface area contributed by atoms with Gasteiger partial charge in [-0.25, -0.2) is 19.2 Å². The van der Waals surface area contributed by atoms with E-state index in [1.165, 1.54) is 4.57 Å². The second-order valence-electron chi connectivity index (χ2n) is 8.76. The van der Waals surface area contributed by atoms with Crippen molar-refractivity contribution in [3.63, 3.8) is 0 Å². The molecule has 0 saturated heterocycles. The molecule has 1 atom stereocenters. The number of hydrogen-bond donors (Lipinski definition) is 1. The predicted molar refractivity (Wildman–Crippen MR) is 126 cm³/mol. The maximum atomic E-state index is 13.4. The molecule has 1 aliphatic heterocycles. The van der Waals surface area contributed by atoms with Gasteiger partial charge in [0.1, 0.15) is 11.4 Å². The van der Waals surface area contributed by atoms with Gasteiger partial charge in [0, 0.05) is 19.5 Å². The third kappa shape index (κ3) is 3.94. The Morgan fingerprint density at radius 1 is 1.12 bits per heavy atom. The molecule has 1 aliphatic rings. The molecule has 0 fully saturated rings. The average Bonchev–Trinajstić information content (AvgIpc) is 3.17. The van der Waals surface area contributed by atoms with Crippen molar-refractivity contribution in [2.24, 2.45) is 13.0 Å². The lowest BCUT2D eigenvalue weighted by atomic mass is 10.1. The van der Waals surface area contributed by atoms with E-state index in [0.717, 1.165) is 56.2 Å². The molecule has 172 valence electrons. The van der Waals surface area contributed by atoms with E-state index in [-0.39, 0.29) is 11.2 Å². The highest BCUT2D eigenvalue weighted by Crippen LogP contribution is 2.29. The van der Waals surface area contributed by atoms with Gasteiger partial charge in [0.25, 0.3) is 5.56 Å². The van der Waals surface area contributed by atoms with Crippen molar-refractivity contribution in [3.05, 3.63) is 45.1 Å². The molecule has 2 aromatic heterocycles. The second-order valence-corrected chi connectivity index (χ2v) is 8.76. The van der Waals surface area contributed by atoms with Crippen molar-refractivity contribution >= 4 is 22.8 Å². The zero-order chi connectivity index (χ0) is 22.8. The first-order valence-corrected chi connectivity index (χ1v) is 11.7. The number of rotatable bonds is 8. The number of benzene rings is 1. The number of fused-ring (bicyclic) bond motifs is 3.